The van der Waals surface area contributed by atoms with Gasteiger partial charge in [-0.1, -0.05) is 6.07 Å². The minimum Gasteiger partial charge on any atom is -0.480 e. The molecule has 0 saturated carbocycles. The number of hydrogen-bond acceptors (Lipinski definition) is 5. The maximum atomic E-state index is 12.5. The van der Waals surface area contributed by atoms with Crippen molar-refractivity contribution in [1.82, 2.24) is 14.8 Å². The van der Waals surface area contributed by atoms with Crippen LogP contribution >= 0.6 is 0 Å². The number of nitrogens with zero attached hydrogens (tertiary/aromatic N) is 2. The largest absolute Gasteiger partial charge is 0.480 e. The van der Waals surface area contributed by atoms with E-state index in [0.29, 0.717) is 0 Å². The number of hydrogen-bond donors (Lipinski definition) is 2. The zero-order chi connectivity index (χ0) is 20.4. The molecule has 1 fully saturated rings. The molecule has 0 radical (unpaired) electrons. The molecular formula is C20H25N3O5. The lowest BCUT2D eigenvalue weighted by atomic mass is 9.87. The summed E-state index contributed by atoms with van der Waals surface area (Å²) in [6.07, 6.45) is 2.13. The normalized spacial score (nSPS) is 17.9. The summed E-state index contributed by atoms with van der Waals surface area (Å²) in [4.78, 5) is 42.1. The lowest BCUT2D eigenvalue weighted by molar-refractivity contribution is -0.138. The van der Waals surface area contributed by atoms with Gasteiger partial charge >= 0.3 is 12.1 Å². The molecule has 2 aromatic rings. The number of amides is 1. The number of rotatable bonds is 8. The smallest absolute Gasteiger partial charge is 0.410 e. The Bertz CT molecular complexity index is 904. The number of carbonyl (C=O) groups excluding carboxylic acids is 2. The van der Waals surface area contributed by atoms with Gasteiger partial charge in [0.15, 0.2) is 0 Å². The Hall–Kier alpha value is -2.87. The van der Waals surface area contributed by atoms with Gasteiger partial charge in [0.25, 0.3) is 0 Å². The number of carboxylic acids is 1. The molecule has 0 bridgehead atoms. The third kappa shape index (κ3) is 4.01. The first kappa shape index (κ1) is 19.9. The Kier molecular flexibility index (Phi) is 5.69. The van der Waals surface area contributed by atoms with Gasteiger partial charge in [-0.25, -0.2) is 4.79 Å². The molecule has 8 nitrogen and oxygen atoms in total. The third-order valence-corrected chi connectivity index (χ3v) is 5.12. The van der Waals surface area contributed by atoms with Gasteiger partial charge in [0, 0.05) is 23.6 Å². The molecule has 28 heavy (non-hydrogen) atoms. The van der Waals surface area contributed by atoms with Crippen molar-refractivity contribution in [1.29, 1.82) is 0 Å². The third-order valence-electron chi connectivity index (χ3n) is 5.12. The zero-order valence-electron chi connectivity index (χ0n) is 16.3. The second-order valence-electron chi connectivity index (χ2n) is 7.43. The average Bonchev–Trinajstić information content (AvgIpc) is 3.17. The molecule has 2 atom stereocenters. The van der Waals surface area contributed by atoms with E-state index in [1.165, 1.54) is 6.92 Å². The van der Waals surface area contributed by atoms with Crippen LogP contribution in [0, 0.1) is 0 Å². The number of ether oxygens (including phenoxy) is 1. The summed E-state index contributed by atoms with van der Waals surface area (Å²) in [5.41, 5.74) is 2.87. The fourth-order valence-corrected chi connectivity index (χ4v) is 3.74. The highest BCUT2D eigenvalue weighted by atomic mass is 16.6. The van der Waals surface area contributed by atoms with Crippen LogP contribution in [0.5, 0.6) is 0 Å². The summed E-state index contributed by atoms with van der Waals surface area (Å²) in [7, 11) is 4.03. The number of aromatic amines is 1. The standard InChI is InChI=1S/C20H25N3O5/c1-12(24)19(17-11-28-20(27)23(17)10-18(25)26)13-4-5-16-15(8-13)14(9-21-16)6-7-22(2)3/h4-5,8-9,17,19,21H,6-7,10-11H2,1-3H3,(H,25,26). The van der Waals surface area contributed by atoms with Crippen molar-refractivity contribution in [2.24, 2.45) is 0 Å². The van der Waals surface area contributed by atoms with Crippen LogP contribution in [0.25, 0.3) is 10.9 Å². The van der Waals surface area contributed by atoms with E-state index in [-0.39, 0.29) is 12.4 Å². The molecule has 2 unspecified atom stereocenters. The van der Waals surface area contributed by atoms with E-state index >= 15 is 0 Å². The molecule has 1 aliphatic rings. The van der Waals surface area contributed by atoms with Crippen molar-refractivity contribution in [3.8, 4) is 0 Å². The van der Waals surface area contributed by atoms with Gasteiger partial charge in [0.05, 0.1) is 12.0 Å². The van der Waals surface area contributed by atoms with E-state index in [1.54, 1.807) is 0 Å². The van der Waals surface area contributed by atoms with Crippen molar-refractivity contribution in [3.05, 3.63) is 35.5 Å². The number of likely N-dealkylation sites (N-methyl/N-ethyl adjacent to an activating group) is 1. The fraction of sp³-hybridized carbons (Fsp3) is 0.450. The van der Waals surface area contributed by atoms with Crippen LogP contribution in [0.15, 0.2) is 24.4 Å². The Morgan fingerprint density at radius 1 is 1.39 bits per heavy atom. The SMILES string of the molecule is CC(=O)C(c1ccc2[nH]cc(CCN(C)C)c2c1)C1COC(=O)N1CC(=O)O. The molecule has 2 heterocycles. The van der Waals surface area contributed by atoms with Crippen LogP contribution in [0.2, 0.25) is 0 Å². The number of carboxylic acid groups (broad SMARTS) is 1. The monoisotopic (exact) mass is 387 g/mol. The summed E-state index contributed by atoms with van der Waals surface area (Å²) in [6.45, 7) is 1.86. The Balaban J connectivity index is 1.96. The van der Waals surface area contributed by atoms with Crippen molar-refractivity contribution >= 4 is 28.7 Å². The summed E-state index contributed by atoms with van der Waals surface area (Å²) in [5.74, 6) is -1.92. The Morgan fingerprint density at radius 2 is 2.14 bits per heavy atom. The maximum Gasteiger partial charge on any atom is 0.410 e. The van der Waals surface area contributed by atoms with Crippen LogP contribution in [-0.2, 0) is 20.7 Å². The number of benzene rings is 1. The van der Waals surface area contributed by atoms with E-state index in [0.717, 1.165) is 39.9 Å². The number of ketones is 1. The Labute approximate surface area is 163 Å². The summed E-state index contributed by atoms with van der Waals surface area (Å²) in [5, 5.41) is 10.1. The van der Waals surface area contributed by atoms with Crippen molar-refractivity contribution in [2.75, 3.05) is 33.8 Å². The van der Waals surface area contributed by atoms with E-state index in [4.69, 9.17) is 9.84 Å². The second-order valence-corrected chi connectivity index (χ2v) is 7.43. The number of cyclic esters (lactones) is 1. The number of Topliss-reactive ketones (excluding diaryl/α,β-unsaturated/α-hetero) is 1. The molecular weight excluding hydrogens is 362 g/mol. The van der Waals surface area contributed by atoms with Crippen LogP contribution in [0.3, 0.4) is 0 Å². The lowest BCUT2D eigenvalue weighted by Crippen LogP contribution is -2.43. The fourth-order valence-electron chi connectivity index (χ4n) is 3.74. The van der Waals surface area contributed by atoms with Crippen LogP contribution < -0.4 is 0 Å². The number of H-pyrrole nitrogens is 1. The molecule has 150 valence electrons. The predicted octanol–water partition coefficient (Wildman–Crippen LogP) is 1.85. The number of aromatic nitrogens is 1. The van der Waals surface area contributed by atoms with E-state index < -0.39 is 30.6 Å². The van der Waals surface area contributed by atoms with Gasteiger partial charge in [-0.2, -0.15) is 0 Å². The van der Waals surface area contributed by atoms with Crippen LogP contribution in [0.4, 0.5) is 4.79 Å². The van der Waals surface area contributed by atoms with Gasteiger partial charge in [-0.3, -0.25) is 14.5 Å². The van der Waals surface area contributed by atoms with Crippen LogP contribution in [0.1, 0.15) is 24.0 Å². The molecule has 1 saturated heterocycles. The zero-order valence-corrected chi connectivity index (χ0v) is 16.3. The molecule has 0 aliphatic carbocycles. The molecule has 3 rings (SSSR count). The molecule has 2 N–H and O–H groups in total. The minimum absolute atomic E-state index is 0.00494. The van der Waals surface area contributed by atoms with E-state index in [9.17, 15) is 14.4 Å². The highest BCUT2D eigenvalue weighted by Crippen LogP contribution is 2.32. The highest BCUT2D eigenvalue weighted by molar-refractivity contribution is 5.90. The van der Waals surface area contributed by atoms with Crippen molar-refractivity contribution in [2.45, 2.75) is 25.3 Å². The van der Waals surface area contributed by atoms with Gasteiger partial charge in [-0.15, -0.1) is 0 Å². The average molecular weight is 387 g/mol. The quantitative estimate of drug-likeness (QED) is 0.717. The molecule has 8 heteroatoms. The van der Waals surface area contributed by atoms with Gasteiger partial charge < -0.3 is 19.7 Å². The van der Waals surface area contributed by atoms with Crippen LogP contribution in [-0.4, -0.2) is 77.6 Å². The lowest BCUT2D eigenvalue weighted by Gasteiger charge is -2.26. The minimum atomic E-state index is -1.14. The number of aliphatic carboxylic acids is 1. The first-order chi connectivity index (χ1) is 13.3. The summed E-state index contributed by atoms with van der Waals surface area (Å²) < 4.78 is 5.05. The van der Waals surface area contributed by atoms with Gasteiger partial charge in [0.2, 0.25) is 0 Å². The van der Waals surface area contributed by atoms with Crippen molar-refractivity contribution in [3.63, 3.8) is 0 Å². The van der Waals surface area contributed by atoms with Gasteiger partial charge in [0.1, 0.15) is 18.9 Å². The second kappa shape index (κ2) is 8.02. The van der Waals surface area contributed by atoms with E-state index in [1.807, 2.05) is 38.5 Å². The summed E-state index contributed by atoms with van der Waals surface area (Å²) in [6, 6.07) is 5.09. The molecule has 1 aromatic heterocycles. The van der Waals surface area contributed by atoms with Crippen molar-refractivity contribution < 1.29 is 24.2 Å². The first-order valence-corrected chi connectivity index (χ1v) is 9.18. The number of carbonyl (C=O) groups is 3. The number of fused-ring (bicyclic) bond motifs is 1. The molecule has 1 amide bonds. The highest BCUT2D eigenvalue weighted by Gasteiger charge is 2.42. The predicted molar refractivity (Wildman–Crippen MR) is 103 cm³/mol. The Morgan fingerprint density at radius 3 is 2.79 bits per heavy atom. The van der Waals surface area contributed by atoms with E-state index in [2.05, 4.69) is 9.88 Å². The molecule has 0 spiro atoms. The first-order valence-electron chi connectivity index (χ1n) is 9.18. The summed E-state index contributed by atoms with van der Waals surface area (Å²) >= 11 is 0. The molecule has 1 aromatic carbocycles. The number of nitrogens with one attached hydrogen (secondary N) is 1. The van der Waals surface area contributed by atoms with Gasteiger partial charge in [-0.05, 0) is 50.7 Å². The molecule has 1 aliphatic heterocycles. The maximum absolute atomic E-state index is 12.5. The topological polar surface area (TPSA) is 103 Å².